The molecule has 1 atom stereocenters. The Morgan fingerprint density at radius 2 is 2.23 bits per heavy atom. The van der Waals surface area contributed by atoms with Crippen LogP contribution in [0, 0.1) is 6.92 Å². The number of alkyl halides is 2. The largest absolute Gasteiger partial charge is 0.445 e. The summed E-state index contributed by atoms with van der Waals surface area (Å²) in [6, 6.07) is -0.877. The van der Waals surface area contributed by atoms with Crippen LogP contribution >= 0.6 is 12.4 Å². The minimum atomic E-state index is -2.97. The first kappa shape index (κ1) is 17.1. The lowest BCUT2D eigenvalue weighted by atomic mass is 10.0. The number of hydrogen-bond donors (Lipinski definition) is 2. The highest BCUT2D eigenvalue weighted by atomic mass is 35.5. The quantitative estimate of drug-likeness (QED) is 0.858. The average molecular weight is 338 g/mol. The van der Waals surface area contributed by atoms with Gasteiger partial charge in [-0.15, -0.1) is 12.4 Å². The average Bonchev–Trinajstić information content (AvgIpc) is 2.86. The fourth-order valence-electron chi connectivity index (χ4n) is 2.69. The number of nitrogens with one attached hydrogen (secondary N) is 1. The number of aromatic nitrogens is 1. The number of nitrogens with zero attached hydrogens (tertiary/aromatic N) is 2. The monoisotopic (exact) mass is 337 g/mol. The molecule has 0 radical (unpaired) electrons. The van der Waals surface area contributed by atoms with Crippen LogP contribution in [0.1, 0.15) is 34.5 Å². The van der Waals surface area contributed by atoms with Gasteiger partial charge in [0.1, 0.15) is 5.76 Å². The van der Waals surface area contributed by atoms with Gasteiger partial charge >= 0.3 is 0 Å². The molecule has 2 N–H and O–H groups in total. The highest BCUT2D eigenvalue weighted by molar-refractivity contribution is 5.93. The van der Waals surface area contributed by atoms with Crippen LogP contribution in [-0.4, -0.2) is 59.1 Å². The number of likely N-dealkylation sites (tertiary alicyclic amines) is 1. The summed E-state index contributed by atoms with van der Waals surface area (Å²) in [5.41, 5.74) is 0.0630. The molecule has 3 rings (SSSR count). The SMILES string of the molecule is Cc1oc(C2CNC2)nc1C(=O)N1CC(F)(F)C[C@H]1CO.Cl. The summed E-state index contributed by atoms with van der Waals surface area (Å²) < 4.78 is 32.4. The molecule has 0 bridgehead atoms. The number of aliphatic hydroxyl groups excluding tert-OH is 1. The molecule has 0 aliphatic carbocycles. The molecule has 124 valence electrons. The molecule has 1 aromatic rings. The maximum absolute atomic E-state index is 13.4. The lowest BCUT2D eigenvalue weighted by molar-refractivity contribution is 0.0115. The van der Waals surface area contributed by atoms with Crippen molar-refractivity contribution in [3.63, 3.8) is 0 Å². The van der Waals surface area contributed by atoms with Gasteiger partial charge in [-0.3, -0.25) is 4.79 Å². The van der Waals surface area contributed by atoms with Crippen LogP contribution in [-0.2, 0) is 0 Å². The maximum atomic E-state index is 13.4. The number of oxazole rings is 1. The number of aliphatic hydroxyl groups is 1. The van der Waals surface area contributed by atoms with E-state index in [4.69, 9.17) is 4.42 Å². The lowest BCUT2D eigenvalue weighted by Gasteiger charge is -2.23. The third kappa shape index (κ3) is 2.95. The van der Waals surface area contributed by atoms with Crippen LogP contribution in [0.4, 0.5) is 8.78 Å². The van der Waals surface area contributed by atoms with Gasteiger partial charge in [-0.25, -0.2) is 13.8 Å². The van der Waals surface area contributed by atoms with Crippen LogP contribution in [0.3, 0.4) is 0 Å². The molecule has 2 saturated heterocycles. The highest BCUT2D eigenvalue weighted by Crippen LogP contribution is 2.33. The molecule has 2 aliphatic heterocycles. The summed E-state index contributed by atoms with van der Waals surface area (Å²) in [6.07, 6.45) is -0.522. The second-order valence-electron chi connectivity index (χ2n) is 5.64. The molecule has 0 aromatic carbocycles. The number of amides is 1. The van der Waals surface area contributed by atoms with Crippen LogP contribution < -0.4 is 5.32 Å². The van der Waals surface area contributed by atoms with Gasteiger partial charge in [0.25, 0.3) is 11.8 Å². The van der Waals surface area contributed by atoms with Crippen molar-refractivity contribution in [1.82, 2.24) is 15.2 Å². The van der Waals surface area contributed by atoms with Crippen molar-refractivity contribution in [2.75, 3.05) is 26.2 Å². The van der Waals surface area contributed by atoms with Crippen molar-refractivity contribution in [1.29, 1.82) is 0 Å². The number of hydrogen-bond acceptors (Lipinski definition) is 5. The number of halogens is 3. The fraction of sp³-hybridized carbons (Fsp3) is 0.692. The van der Waals surface area contributed by atoms with Crippen molar-refractivity contribution in [3.8, 4) is 0 Å². The second kappa shape index (κ2) is 6.10. The predicted octanol–water partition coefficient (Wildman–Crippen LogP) is 0.934. The van der Waals surface area contributed by atoms with Gasteiger partial charge in [0.15, 0.2) is 5.69 Å². The Morgan fingerprint density at radius 3 is 2.77 bits per heavy atom. The van der Waals surface area contributed by atoms with Crippen LogP contribution in [0.5, 0.6) is 0 Å². The Morgan fingerprint density at radius 1 is 1.55 bits per heavy atom. The molecular formula is C13H18ClF2N3O3. The van der Waals surface area contributed by atoms with Crippen molar-refractivity contribution in [2.45, 2.75) is 31.2 Å². The Hall–Kier alpha value is -1.25. The van der Waals surface area contributed by atoms with Gasteiger partial charge in [-0.2, -0.15) is 0 Å². The standard InChI is InChI=1S/C13H17F2N3O3.ClH/c1-7-10(17-11(21-7)8-3-16-4-8)12(20)18-6-13(14,15)2-9(18)5-19;/h8-9,16,19H,2-6H2,1H3;1H/t9-;/m0./s1. The molecule has 2 aliphatic rings. The van der Waals surface area contributed by atoms with Crippen molar-refractivity contribution in [3.05, 3.63) is 17.3 Å². The predicted molar refractivity (Wildman–Crippen MR) is 75.6 cm³/mol. The third-order valence-corrected chi connectivity index (χ3v) is 3.99. The summed E-state index contributed by atoms with van der Waals surface area (Å²) in [7, 11) is 0. The number of carbonyl (C=O) groups is 1. The zero-order chi connectivity index (χ0) is 15.2. The van der Waals surface area contributed by atoms with E-state index in [9.17, 15) is 18.7 Å². The smallest absolute Gasteiger partial charge is 0.276 e. The topological polar surface area (TPSA) is 78.6 Å². The molecule has 0 saturated carbocycles. The van der Waals surface area contributed by atoms with E-state index in [0.29, 0.717) is 11.7 Å². The van der Waals surface area contributed by atoms with Crippen LogP contribution in [0.25, 0.3) is 0 Å². The first-order chi connectivity index (χ1) is 9.91. The first-order valence-corrected chi connectivity index (χ1v) is 6.89. The van der Waals surface area contributed by atoms with Crippen molar-refractivity contribution < 1.29 is 23.1 Å². The molecule has 1 amide bonds. The van der Waals surface area contributed by atoms with E-state index in [-0.39, 0.29) is 24.0 Å². The summed E-state index contributed by atoms with van der Waals surface area (Å²) in [5, 5.41) is 12.3. The van der Waals surface area contributed by atoms with E-state index < -0.39 is 37.4 Å². The summed E-state index contributed by atoms with van der Waals surface area (Å²) >= 11 is 0. The molecule has 9 heteroatoms. The summed E-state index contributed by atoms with van der Waals surface area (Å²) in [6.45, 7) is 1.88. The van der Waals surface area contributed by atoms with Crippen molar-refractivity contribution in [2.24, 2.45) is 0 Å². The minimum Gasteiger partial charge on any atom is -0.445 e. The highest BCUT2D eigenvalue weighted by Gasteiger charge is 2.47. The Labute approximate surface area is 132 Å². The molecule has 0 spiro atoms. The van der Waals surface area contributed by atoms with Gasteiger partial charge in [0.05, 0.1) is 25.1 Å². The Bertz CT molecular complexity index is 563. The lowest BCUT2D eigenvalue weighted by Crippen LogP contribution is -2.40. The molecule has 1 aromatic heterocycles. The summed E-state index contributed by atoms with van der Waals surface area (Å²) in [5.74, 6) is -2.67. The van der Waals surface area contributed by atoms with E-state index in [1.54, 1.807) is 6.92 Å². The normalized spacial score (nSPS) is 24.0. The van der Waals surface area contributed by atoms with Gasteiger partial charge in [0, 0.05) is 19.5 Å². The first-order valence-electron chi connectivity index (χ1n) is 6.89. The van der Waals surface area contributed by atoms with E-state index in [0.717, 1.165) is 18.0 Å². The second-order valence-corrected chi connectivity index (χ2v) is 5.64. The minimum absolute atomic E-state index is 0. The van der Waals surface area contributed by atoms with Gasteiger partial charge in [-0.05, 0) is 6.92 Å². The Balaban J connectivity index is 0.00000176. The van der Waals surface area contributed by atoms with Crippen LogP contribution in [0.2, 0.25) is 0 Å². The van der Waals surface area contributed by atoms with E-state index >= 15 is 0 Å². The van der Waals surface area contributed by atoms with E-state index in [1.807, 2.05) is 0 Å². The van der Waals surface area contributed by atoms with E-state index in [2.05, 4.69) is 10.3 Å². The number of aryl methyl sites for hydroxylation is 1. The van der Waals surface area contributed by atoms with Gasteiger partial charge in [0.2, 0.25) is 5.89 Å². The molecule has 3 heterocycles. The fourth-order valence-corrected chi connectivity index (χ4v) is 2.69. The third-order valence-electron chi connectivity index (χ3n) is 3.99. The zero-order valence-electron chi connectivity index (χ0n) is 12.0. The van der Waals surface area contributed by atoms with Crippen molar-refractivity contribution >= 4 is 18.3 Å². The molecule has 0 unspecified atom stereocenters. The summed E-state index contributed by atoms with van der Waals surface area (Å²) in [4.78, 5) is 17.6. The molecule has 2 fully saturated rings. The molecule has 22 heavy (non-hydrogen) atoms. The molecular weight excluding hydrogens is 320 g/mol. The van der Waals surface area contributed by atoms with Crippen LogP contribution in [0.15, 0.2) is 4.42 Å². The maximum Gasteiger partial charge on any atom is 0.276 e. The van der Waals surface area contributed by atoms with Gasteiger partial charge < -0.3 is 19.7 Å². The van der Waals surface area contributed by atoms with E-state index in [1.165, 1.54) is 0 Å². The van der Waals surface area contributed by atoms with Gasteiger partial charge in [-0.1, -0.05) is 0 Å². The number of rotatable bonds is 3. The molecule has 6 nitrogen and oxygen atoms in total. The Kier molecular flexibility index (Phi) is 4.74. The zero-order valence-corrected chi connectivity index (χ0v) is 12.8. The number of carbonyl (C=O) groups excluding carboxylic acids is 1.